The molecule has 10 nitrogen and oxygen atoms in total. The van der Waals surface area contributed by atoms with Crippen molar-refractivity contribution in [2.24, 2.45) is 0 Å². The Balaban J connectivity index is 2.22. The molecule has 0 amide bonds. The van der Waals surface area contributed by atoms with Gasteiger partial charge in [0.05, 0.1) is 39.4 Å². The molecular weight excluding hydrogens is 508 g/mol. The van der Waals surface area contributed by atoms with Crippen LogP contribution in [0.15, 0.2) is 30.3 Å². The van der Waals surface area contributed by atoms with Gasteiger partial charge in [-0.2, -0.15) is 0 Å². The monoisotopic (exact) mass is 538 g/mol. The average Bonchev–Trinajstić information content (AvgIpc) is 2.90. The number of fused-ring (bicyclic) bond motifs is 4. The highest BCUT2D eigenvalue weighted by molar-refractivity contribution is 6.06. The zero-order chi connectivity index (χ0) is 28.4. The van der Waals surface area contributed by atoms with Gasteiger partial charge >= 0.3 is 17.9 Å². The normalized spacial score (nSPS) is 15.5. The van der Waals surface area contributed by atoms with E-state index in [1.54, 1.807) is 18.2 Å². The number of carbonyl (C=O) groups excluding carboxylic acids is 3. The van der Waals surface area contributed by atoms with E-state index in [9.17, 15) is 14.4 Å². The Morgan fingerprint density at radius 2 is 1.36 bits per heavy atom. The van der Waals surface area contributed by atoms with Gasteiger partial charge < -0.3 is 33.2 Å². The minimum atomic E-state index is -1.12. The fraction of sp³-hybridized carbons (Fsp3) is 0.345. The van der Waals surface area contributed by atoms with Crippen molar-refractivity contribution in [1.82, 2.24) is 0 Å². The summed E-state index contributed by atoms with van der Waals surface area (Å²) in [7, 11) is 6.06. The predicted molar refractivity (Wildman–Crippen MR) is 140 cm³/mol. The molecule has 0 unspecified atom stereocenters. The summed E-state index contributed by atoms with van der Waals surface area (Å²) in [5.41, 5.74) is 2.57. The molecule has 10 heteroatoms. The molecule has 0 spiro atoms. The van der Waals surface area contributed by atoms with Gasteiger partial charge in [0.25, 0.3) is 0 Å². The number of rotatable bonds is 8. The van der Waals surface area contributed by atoms with Crippen molar-refractivity contribution in [3.8, 4) is 34.1 Å². The first-order valence-corrected chi connectivity index (χ1v) is 12.1. The maximum atomic E-state index is 12.4. The maximum absolute atomic E-state index is 12.4. The lowest BCUT2D eigenvalue weighted by atomic mass is 9.78. The number of ether oxygens (including phenoxy) is 7. The summed E-state index contributed by atoms with van der Waals surface area (Å²) in [5, 5.41) is 1.27. The molecule has 1 aliphatic carbocycles. The molecule has 0 saturated heterocycles. The predicted octanol–water partition coefficient (Wildman–Crippen LogP) is 4.83. The van der Waals surface area contributed by atoms with Gasteiger partial charge in [-0.3, -0.25) is 14.4 Å². The maximum Gasteiger partial charge on any atom is 0.303 e. The van der Waals surface area contributed by atoms with E-state index in [4.69, 9.17) is 33.2 Å². The lowest BCUT2D eigenvalue weighted by molar-refractivity contribution is -0.167. The molecule has 3 aromatic carbocycles. The molecule has 39 heavy (non-hydrogen) atoms. The lowest BCUT2D eigenvalue weighted by Crippen LogP contribution is -2.27. The van der Waals surface area contributed by atoms with Gasteiger partial charge in [0.15, 0.2) is 12.2 Å². The second-order valence-corrected chi connectivity index (χ2v) is 8.84. The zero-order valence-corrected chi connectivity index (χ0v) is 22.8. The smallest absolute Gasteiger partial charge is 0.303 e. The Morgan fingerprint density at radius 3 is 1.92 bits per heavy atom. The molecule has 0 aliphatic heterocycles. The third kappa shape index (κ3) is 4.89. The van der Waals surface area contributed by atoms with E-state index in [0.29, 0.717) is 61.6 Å². The summed E-state index contributed by atoms with van der Waals surface area (Å²) in [6.07, 6.45) is -2.22. The molecular formula is C29H30O10. The molecule has 0 fully saturated rings. The summed E-state index contributed by atoms with van der Waals surface area (Å²) in [6, 6.07) is 8.92. The van der Waals surface area contributed by atoms with Crippen LogP contribution in [0, 0.1) is 0 Å². The van der Waals surface area contributed by atoms with E-state index >= 15 is 0 Å². The van der Waals surface area contributed by atoms with Gasteiger partial charge in [-0.15, -0.1) is 0 Å². The molecule has 0 bridgehead atoms. The number of benzene rings is 3. The van der Waals surface area contributed by atoms with Crippen LogP contribution in [0.4, 0.5) is 0 Å². The van der Waals surface area contributed by atoms with Crippen molar-refractivity contribution < 1.29 is 47.5 Å². The van der Waals surface area contributed by atoms with E-state index in [0.717, 1.165) is 0 Å². The van der Waals surface area contributed by atoms with Crippen LogP contribution in [-0.4, -0.2) is 46.3 Å². The highest BCUT2D eigenvalue weighted by Crippen LogP contribution is 2.60. The third-order valence-corrected chi connectivity index (χ3v) is 6.42. The number of methoxy groups -OCH3 is 4. The molecule has 0 saturated carbocycles. The first-order valence-electron chi connectivity index (χ1n) is 12.1. The SMILES string of the molecule is COc1cc(COC(C)=O)cc2c1-c1c(c(OC)c3c(OC)cccc3c1OC)[C@H](OC(C)=O)[C@H]2OC(C)=O. The van der Waals surface area contributed by atoms with Crippen LogP contribution in [0.1, 0.15) is 49.7 Å². The minimum Gasteiger partial charge on any atom is -0.496 e. The van der Waals surface area contributed by atoms with Crippen molar-refractivity contribution in [3.05, 3.63) is 47.0 Å². The number of carbonyl (C=O) groups is 3. The third-order valence-electron chi connectivity index (χ3n) is 6.42. The molecule has 0 N–H and O–H groups in total. The fourth-order valence-corrected chi connectivity index (χ4v) is 5.11. The van der Waals surface area contributed by atoms with Crippen molar-refractivity contribution >= 4 is 28.7 Å². The lowest BCUT2D eigenvalue weighted by Gasteiger charge is -2.37. The highest BCUT2D eigenvalue weighted by atomic mass is 16.6. The summed E-state index contributed by atoms with van der Waals surface area (Å²) < 4.78 is 40.2. The quantitative estimate of drug-likeness (QED) is 0.292. The molecule has 4 rings (SSSR count). The molecule has 3 aromatic rings. The molecule has 2 atom stereocenters. The fourth-order valence-electron chi connectivity index (χ4n) is 5.11. The van der Waals surface area contributed by atoms with Crippen LogP contribution in [0.25, 0.3) is 21.9 Å². The number of esters is 3. The molecule has 1 aliphatic rings. The first kappa shape index (κ1) is 27.6. The van der Waals surface area contributed by atoms with E-state index in [1.807, 2.05) is 12.1 Å². The van der Waals surface area contributed by atoms with E-state index in [2.05, 4.69) is 0 Å². The summed E-state index contributed by atoms with van der Waals surface area (Å²) in [5.74, 6) is 0.0559. The van der Waals surface area contributed by atoms with Crippen LogP contribution in [0.5, 0.6) is 23.0 Å². The molecule has 0 radical (unpaired) electrons. The van der Waals surface area contributed by atoms with Crippen LogP contribution in [-0.2, 0) is 35.2 Å². The highest BCUT2D eigenvalue weighted by Gasteiger charge is 2.45. The van der Waals surface area contributed by atoms with Gasteiger partial charge in [-0.25, -0.2) is 0 Å². The number of hydrogen-bond donors (Lipinski definition) is 0. The van der Waals surface area contributed by atoms with Crippen LogP contribution >= 0.6 is 0 Å². The van der Waals surface area contributed by atoms with Crippen molar-refractivity contribution in [1.29, 1.82) is 0 Å². The summed E-state index contributed by atoms with van der Waals surface area (Å²) in [4.78, 5) is 36.3. The largest absolute Gasteiger partial charge is 0.496 e. The van der Waals surface area contributed by atoms with Crippen molar-refractivity contribution in [3.63, 3.8) is 0 Å². The van der Waals surface area contributed by atoms with Crippen molar-refractivity contribution in [2.75, 3.05) is 28.4 Å². The van der Waals surface area contributed by atoms with Gasteiger partial charge in [0, 0.05) is 42.8 Å². The zero-order valence-electron chi connectivity index (χ0n) is 22.8. The van der Waals surface area contributed by atoms with E-state index < -0.39 is 30.1 Å². The Bertz CT molecular complexity index is 1460. The van der Waals surface area contributed by atoms with Gasteiger partial charge in [0.1, 0.15) is 29.6 Å². The van der Waals surface area contributed by atoms with Crippen LogP contribution in [0.3, 0.4) is 0 Å². The van der Waals surface area contributed by atoms with Crippen LogP contribution in [0.2, 0.25) is 0 Å². The van der Waals surface area contributed by atoms with Crippen molar-refractivity contribution in [2.45, 2.75) is 39.6 Å². The number of hydrogen-bond acceptors (Lipinski definition) is 10. The minimum absolute atomic E-state index is 0.0494. The average molecular weight is 539 g/mol. The Morgan fingerprint density at radius 1 is 0.718 bits per heavy atom. The Labute approximate surface area is 225 Å². The molecule has 0 aromatic heterocycles. The second kappa shape index (κ2) is 11.1. The first-order chi connectivity index (χ1) is 18.7. The summed E-state index contributed by atoms with van der Waals surface area (Å²) in [6.45, 7) is 3.79. The summed E-state index contributed by atoms with van der Waals surface area (Å²) >= 11 is 0. The van der Waals surface area contributed by atoms with Gasteiger partial charge in [0.2, 0.25) is 0 Å². The van der Waals surface area contributed by atoms with E-state index in [-0.39, 0.29) is 6.61 Å². The molecule has 0 heterocycles. The van der Waals surface area contributed by atoms with Gasteiger partial charge in [-0.05, 0) is 23.8 Å². The molecule has 206 valence electrons. The van der Waals surface area contributed by atoms with Gasteiger partial charge in [-0.1, -0.05) is 12.1 Å². The van der Waals surface area contributed by atoms with E-state index in [1.165, 1.54) is 49.2 Å². The topological polar surface area (TPSA) is 116 Å². The Kier molecular flexibility index (Phi) is 7.85. The second-order valence-electron chi connectivity index (χ2n) is 8.84. The van der Waals surface area contributed by atoms with Crippen LogP contribution < -0.4 is 18.9 Å². The standard InChI is InChI=1S/C29H30O10/c1-14(30)37-13-17-11-19-22(21(12-17)34-5)24-25(29(39-16(3)32)27(19)38-15(2)31)28(36-7)23-18(26(24)35-6)9-8-10-20(23)33-4/h8-12,27,29H,13H2,1-7H3/t27-,29-/m0/s1. The Hall–Kier alpha value is -4.47.